The number of morpholine rings is 1. The number of aromatic nitrogens is 1. The van der Waals surface area contributed by atoms with Crippen molar-refractivity contribution in [3.8, 4) is 0 Å². The van der Waals surface area contributed by atoms with Gasteiger partial charge in [-0.2, -0.15) is 9.30 Å². The van der Waals surface area contributed by atoms with Crippen LogP contribution in [0.1, 0.15) is 31.1 Å². The summed E-state index contributed by atoms with van der Waals surface area (Å²) in [7, 11) is -2.11. The van der Waals surface area contributed by atoms with E-state index in [1.54, 1.807) is 13.2 Å². The molecular formula is C25H30N4O6S2. The Balaban J connectivity index is 1.63. The predicted octanol–water partition coefficient (Wildman–Crippen LogP) is 2.85. The van der Waals surface area contributed by atoms with E-state index in [1.165, 1.54) is 46.8 Å². The normalized spacial score (nSPS) is 19.3. The summed E-state index contributed by atoms with van der Waals surface area (Å²) in [5, 5.41) is 2.76. The van der Waals surface area contributed by atoms with E-state index in [0.717, 1.165) is 10.2 Å². The second-order valence-corrected chi connectivity index (χ2v) is 11.9. The molecule has 1 fully saturated rings. The maximum atomic E-state index is 13.1. The minimum atomic E-state index is -3.71. The van der Waals surface area contributed by atoms with Crippen molar-refractivity contribution in [1.82, 2.24) is 8.87 Å². The number of amides is 2. The molecule has 1 aromatic heterocycles. The highest BCUT2D eigenvalue weighted by atomic mass is 32.2. The van der Waals surface area contributed by atoms with Gasteiger partial charge in [-0.1, -0.05) is 11.3 Å². The number of methoxy groups -OCH3 is 1. The highest BCUT2D eigenvalue weighted by Gasteiger charge is 2.32. The van der Waals surface area contributed by atoms with Gasteiger partial charge in [0.25, 0.3) is 5.91 Å². The molecule has 198 valence electrons. The van der Waals surface area contributed by atoms with Crippen LogP contribution in [0.25, 0.3) is 10.2 Å². The van der Waals surface area contributed by atoms with Crippen LogP contribution in [0.3, 0.4) is 0 Å². The molecule has 3 aromatic rings. The zero-order valence-electron chi connectivity index (χ0n) is 21.1. The van der Waals surface area contributed by atoms with Crippen LogP contribution in [0.4, 0.5) is 5.69 Å². The summed E-state index contributed by atoms with van der Waals surface area (Å²) >= 11 is 1.32. The first-order valence-electron chi connectivity index (χ1n) is 11.8. The Morgan fingerprint density at radius 3 is 2.43 bits per heavy atom. The van der Waals surface area contributed by atoms with Gasteiger partial charge in [-0.3, -0.25) is 9.59 Å². The van der Waals surface area contributed by atoms with Gasteiger partial charge in [-0.05, 0) is 56.3 Å². The first-order valence-corrected chi connectivity index (χ1v) is 14.1. The number of carbonyl (C=O) groups excluding carboxylic acids is 2. The number of nitrogens with zero attached hydrogens (tertiary/aromatic N) is 3. The molecule has 0 spiro atoms. The molecule has 2 heterocycles. The maximum Gasteiger partial charge on any atom is 0.279 e. The van der Waals surface area contributed by atoms with E-state index in [0.29, 0.717) is 23.6 Å². The van der Waals surface area contributed by atoms with E-state index < -0.39 is 15.9 Å². The molecule has 0 radical (unpaired) electrons. The predicted molar refractivity (Wildman–Crippen MR) is 141 cm³/mol. The van der Waals surface area contributed by atoms with E-state index in [1.807, 2.05) is 30.5 Å². The fourth-order valence-corrected chi connectivity index (χ4v) is 6.92. The smallest absolute Gasteiger partial charge is 0.279 e. The zero-order chi connectivity index (χ0) is 26.7. The van der Waals surface area contributed by atoms with Crippen LogP contribution in [0.15, 0.2) is 52.4 Å². The number of ether oxygens (including phenoxy) is 2. The lowest BCUT2D eigenvalue weighted by molar-refractivity contribution is -0.114. The summed E-state index contributed by atoms with van der Waals surface area (Å²) in [6, 6.07) is 11.3. The zero-order valence-corrected chi connectivity index (χ0v) is 22.8. The monoisotopic (exact) mass is 546 g/mol. The van der Waals surface area contributed by atoms with Gasteiger partial charge in [0.1, 0.15) is 0 Å². The Labute approximate surface area is 219 Å². The molecule has 0 aliphatic carbocycles. The number of carbonyl (C=O) groups is 2. The number of hydrogen-bond acceptors (Lipinski definition) is 7. The summed E-state index contributed by atoms with van der Waals surface area (Å²) in [5.74, 6) is -0.663. The standard InChI is InChI=1S/C25H30N4O6S2/c1-16-14-28(15-17(2)35-16)37(32,33)21-8-5-19(6-9-21)24(31)27-25-29(11-12-34-4)22-10-7-20(26-18(3)30)13-23(22)36-25/h5-10,13,16-17H,11-12,14-15H2,1-4H3,(H,26,30). The van der Waals surface area contributed by atoms with Gasteiger partial charge in [0.15, 0.2) is 4.80 Å². The summed E-state index contributed by atoms with van der Waals surface area (Å²) in [6.07, 6.45) is -0.391. The van der Waals surface area contributed by atoms with Gasteiger partial charge in [0, 0.05) is 44.9 Å². The molecule has 1 aliphatic heterocycles. The highest BCUT2D eigenvalue weighted by molar-refractivity contribution is 7.89. The van der Waals surface area contributed by atoms with Crippen molar-refractivity contribution < 1.29 is 27.5 Å². The molecule has 1 N–H and O–H groups in total. The van der Waals surface area contributed by atoms with Crippen LogP contribution < -0.4 is 10.1 Å². The van der Waals surface area contributed by atoms with E-state index >= 15 is 0 Å². The van der Waals surface area contributed by atoms with Crippen molar-refractivity contribution in [2.45, 2.75) is 44.4 Å². The van der Waals surface area contributed by atoms with Gasteiger partial charge in [-0.15, -0.1) is 0 Å². The van der Waals surface area contributed by atoms with E-state index in [-0.39, 0.29) is 41.7 Å². The summed E-state index contributed by atoms with van der Waals surface area (Å²) in [4.78, 5) is 29.4. The average molecular weight is 547 g/mol. The van der Waals surface area contributed by atoms with Crippen LogP contribution in [0.5, 0.6) is 0 Å². The van der Waals surface area contributed by atoms with Crippen molar-refractivity contribution in [2.24, 2.45) is 4.99 Å². The maximum absolute atomic E-state index is 13.1. The Morgan fingerprint density at radius 1 is 1.14 bits per heavy atom. The third kappa shape index (κ3) is 6.16. The molecule has 4 rings (SSSR count). The largest absolute Gasteiger partial charge is 0.383 e. The van der Waals surface area contributed by atoms with Crippen molar-refractivity contribution in [1.29, 1.82) is 0 Å². The second kappa shape index (κ2) is 11.2. The Morgan fingerprint density at radius 2 is 1.81 bits per heavy atom. The molecule has 0 bridgehead atoms. The Hall–Kier alpha value is -2.90. The third-order valence-electron chi connectivity index (χ3n) is 5.84. The third-order valence-corrected chi connectivity index (χ3v) is 8.73. The molecule has 12 heteroatoms. The number of rotatable bonds is 7. The molecule has 2 amide bonds. The topological polar surface area (TPSA) is 119 Å². The first kappa shape index (κ1) is 27.1. The van der Waals surface area contributed by atoms with Gasteiger partial charge >= 0.3 is 0 Å². The highest BCUT2D eigenvalue weighted by Crippen LogP contribution is 2.23. The molecular weight excluding hydrogens is 516 g/mol. The fourth-order valence-electron chi connectivity index (χ4n) is 4.24. The fraction of sp³-hybridized carbons (Fsp3) is 0.400. The Kier molecular flexibility index (Phi) is 8.24. The lowest BCUT2D eigenvalue weighted by Crippen LogP contribution is -2.48. The molecule has 10 nitrogen and oxygen atoms in total. The van der Waals surface area contributed by atoms with Crippen molar-refractivity contribution >= 4 is 49.1 Å². The summed E-state index contributed by atoms with van der Waals surface area (Å²) < 4.78 is 41.2. The molecule has 2 aromatic carbocycles. The molecule has 1 aliphatic rings. The van der Waals surface area contributed by atoms with Crippen LogP contribution >= 0.6 is 11.3 Å². The van der Waals surface area contributed by atoms with E-state index in [4.69, 9.17) is 9.47 Å². The lowest BCUT2D eigenvalue weighted by atomic mass is 10.2. The molecule has 1 saturated heterocycles. The number of hydrogen-bond donors (Lipinski definition) is 1. The van der Waals surface area contributed by atoms with Gasteiger partial charge in [0.05, 0.1) is 33.9 Å². The number of benzene rings is 2. The lowest BCUT2D eigenvalue weighted by Gasteiger charge is -2.34. The van der Waals surface area contributed by atoms with Crippen LogP contribution in [-0.2, 0) is 30.8 Å². The van der Waals surface area contributed by atoms with Gasteiger partial charge in [0.2, 0.25) is 15.9 Å². The first-order chi connectivity index (χ1) is 17.6. The quantitative estimate of drug-likeness (QED) is 0.487. The SMILES string of the molecule is COCCn1c(=NC(=O)c2ccc(S(=O)(=O)N3CC(C)OC(C)C3)cc2)sc2cc(NC(C)=O)ccc21. The number of fused-ring (bicyclic) bond motifs is 1. The van der Waals surface area contributed by atoms with E-state index in [9.17, 15) is 18.0 Å². The van der Waals surface area contributed by atoms with Crippen LogP contribution in [0.2, 0.25) is 0 Å². The van der Waals surface area contributed by atoms with Crippen molar-refractivity contribution in [3.63, 3.8) is 0 Å². The molecule has 37 heavy (non-hydrogen) atoms. The number of thiazole rings is 1. The average Bonchev–Trinajstić information content (AvgIpc) is 3.17. The summed E-state index contributed by atoms with van der Waals surface area (Å²) in [6.45, 7) is 6.58. The van der Waals surface area contributed by atoms with Crippen LogP contribution in [-0.4, -0.2) is 68.1 Å². The Bertz CT molecular complexity index is 1470. The summed E-state index contributed by atoms with van der Waals surface area (Å²) in [5.41, 5.74) is 1.79. The van der Waals surface area contributed by atoms with Gasteiger partial charge in [-0.25, -0.2) is 8.42 Å². The minimum Gasteiger partial charge on any atom is -0.383 e. The molecule has 0 saturated carbocycles. The molecule has 2 unspecified atom stereocenters. The number of nitrogens with one attached hydrogen (secondary N) is 1. The van der Waals surface area contributed by atoms with Gasteiger partial charge < -0.3 is 19.4 Å². The van der Waals surface area contributed by atoms with Crippen molar-refractivity contribution in [2.75, 3.05) is 32.1 Å². The second-order valence-electron chi connectivity index (χ2n) is 8.91. The minimum absolute atomic E-state index is 0.118. The van der Waals surface area contributed by atoms with Crippen molar-refractivity contribution in [3.05, 3.63) is 52.8 Å². The molecule has 2 atom stereocenters. The van der Waals surface area contributed by atoms with E-state index in [2.05, 4.69) is 10.3 Å². The number of sulfonamides is 1. The number of anilines is 1. The van der Waals surface area contributed by atoms with Crippen LogP contribution in [0, 0.1) is 0 Å².